The van der Waals surface area contributed by atoms with E-state index < -0.39 is 17.8 Å². The average molecular weight is 414 g/mol. The van der Waals surface area contributed by atoms with Crippen molar-refractivity contribution in [2.24, 2.45) is 0 Å². The molecular formula is C17H20ClN3O5S. The number of rotatable bonds is 7. The number of amides is 1. The topological polar surface area (TPSA) is 99.5 Å². The van der Waals surface area contributed by atoms with Crippen molar-refractivity contribution in [1.82, 2.24) is 9.78 Å². The first-order valence-electron chi connectivity index (χ1n) is 8.22. The van der Waals surface area contributed by atoms with Gasteiger partial charge in [-0.05, 0) is 33.3 Å². The van der Waals surface area contributed by atoms with Crippen molar-refractivity contribution in [3.05, 3.63) is 33.4 Å². The first kappa shape index (κ1) is 20.9. The number of thiophene rings is 1. The van der Waals surface area contributed by atoms with E-state index in [0.717, 1.165) is 11.3 Å². The smallest absolute Gasteiger partial charge is 0.348 e. The normalized spacial score (nSPS) is 10.7. The molecule has 27 heavy (non-hydrogen) atoms. The van der Waals surface area contributed by atoms with E-state index in [-0.39, 0.29) is 34.7 Å². The minimum Gasteiger partial charge on any atom is -0.462 e. The fourth-order valence-corrected chi connectivity index (χ4v) is 3.51. The first-order chi connectivity index (χ1) is 12.7. The van der Waals surface area contributed by atoms with E-state index in [9.17, 15) is 14.4 Å². The van der Waals surface area contributed by atoms with Crippen LogP contribution >= 0.6 is 22.9 Å². The van der Waals surface area contributed by atoms with E-state index in [4.69, 9.17) is 21.1 Å². The maximum Gasteiger partial charge on any atom is 0.348 e. The minimum atomic E-state index is -0.619. The van der Waals surface area contributed by atoms with E-state index in [0.29, 0.717) is 10.6 Å². The fraction of sp³-hybridized carbons (Fsp3) is 0.412. The Kier molecular flexibility index (Phi) is 6.98. The number of carbonyl (C=O) groups excluding carboxylic acids is 3. The van der Waals surface area contributed by atoms with Gasteiger partial charge in [-0.3, -0.25) is 9.48 Å². The summed E-state index contributed by atoms with van der Waals surface area (Å²) < 4.78 is 11.6. The number of esters is 2. The molecule has 0 aromatic carbocycles. The van der Waals surface area contributed by atoms with Crippen molar-refractivity contribution in [2.75, 3.05) is 11.9 Å². The van der Waals surface area contributed by atoms with Crippen molar-refractivity contribution in [3.8, 4) is 0 Å². The van der Waals surface area contributed by atoms with Crippen LogP contribution in [0.1, 0.15) is 46.4 Å². The Bertz CT molecular complexity index is 859. The molecular weight excluding hydrogens is 394 g/mol. The second-order valence-corrected chi connectivity index (χ2v) is 7.30. The lowest BCUT2D eigenvalue weighted by molar-refractivity contribution is -0.116. The van der Waals surface area contributed by atoms with Crippen LogP contribution in [0, 0.1) is 6.92 Å². The van der Waals surface area contributed by atoms with Crippen molar-refractivity contribution in [1.29, 1.82) is 0 Å². The largest absolute Gasteiger partial charge is 0.462 e. The summed E-state index contributed by atoms with van der Waals surface area (Å²) in [4.78, 5) is 37.2. The lowest BCUT2D eigenvalue weighted by Crippen LogP contribution is -2.20. The van der Waals surface area contributed by atoms with E-state index in [1.165, 1.54) is 17.1 Å². The summed E-state index contributed by atoms with van der Waals surface area (Å²) in [5.74, 6) is -1.60. The average Bonchev–Trinajstić information content (AvgIpc) is 3.10. The van der Waals surface area contributed by atoms with E-state index in [1.54, 1.807) is 27.7 Å². The molecule has 1 N–H and O–H groups in total. The fourth-order valence-electron chi connectivity index (χ4n) is 2.25. The number of carbonyl (C=O) groups is 3. The van der Waals surface area contributed by atoms with Crippen LogP contribution in [-0.2, 0) is 20.8 Å². The predicted molar refractivity (Wildman–Crippen MR) is 101 cm³/mol. The van der Waals surface area contributed by atoms with E-state index in [1.807, 2.05) is 0 Å². The van der Waals surface area contributed by atoms with Gasteiger partial charge in [-0.1, -0.05) is 11.6 Å². The summed E-state index contributed by atoms with van der Waals surface area (Å²) in [7, 11) is 0. The molecule has 0 spiro atoms. The highest BCUT2D eigenvalue weighted by atomic mass is 35.5. The van der Waals surface area contributed by atoms with Gasteiger partial charge >= 0.3 is 11.9 Å². The number of ether oxygens (including phenoxy) is 2. The van der Waals surface area contributed by atoms with Gasteiger partial charge in [0.1, 0.15) is 16.4 Å². The number of nitrogens with zero attached hydrogens (tertiary/aromatic N) is 2. The van der Waals surface area contributed by atoms with Crippen LogP contribution in [0.5, 0.6) is 0 Å². The molecule has 0 saturated carbocycles. The third kappa shape index (κ3) is 5.30. The van der Waals surface area contributed by atoms with Crippen LogP contribution in [0.2, 0.25) is 5.02 Å². The molecule has 0 atom stereocenters. The lowest BCUT2D eigenvalue weighted by Gasteiger charge is -2.10. The molecule has 0 aliphatic carbocycles. The zero-order chi connectivity index (χ0) is 20.1. The van der Waals surface area contributed by atoms with Gasteiger partial charge in [0.2, 0.25) is 5.91 Å². The molecule has 2 aromatic rings. The molecule has 0 aliphatic rings. The van der Waals surface area contributed by atoms with Crippen molar-refractivity contribution in [2.45, 2.75) is 40.3 Å². The standard InChI is InChI=1S/C17H20ClN3O5S/c1-5-25-17(24)14-10(4)13(16(23)26-9(2)3)15(27-14)20-12(22)8-21-7-11(18)6-19-21/h6-7,9H,5,8H2,1-4H3,(H,20,22). The number of hydrogen-bond donors (Lipinski definition) is 1. The number of halogens is 1. The Morgan fingerprint density at radius 1 is 1.33 bits per heavy atom. The molecule has 2 aromatic heterocycles. The number of aromatic nitrogens is 2. The van der Waals surface area contributed by atoms with Crippen molar-refractivity contribution < 1.29 is 23.9 Å². The predicted octanol–water partition coefficient (Wildman–Crippen LogP) is 3.29. The summed E-state index contributed by atoms with van der Waals surface area (Å²) in [6, 6.07) is 0. The van der Waals surface area contributed by atoms with Crippen molar-refractivity contribution in [3.63, 3.8) is 0 Å². The summed E-state index contributed by atoms with van der Waals surface area (Å²) >= 11 is 6.75. The van der Waals surface area contributed by atoms with Gasteiger partial charge < -0.3 is 14.8 Å². The second-order valence-electron chi connectivity index (χ2n) is 5.84. The molecule has 2 heterocycles. The lowest BCUT2D eigenvalue weighted by atomic mass is 10.1. The summed E-state index contributed by atoms with van der Waals surface area (Å²) in [5, 5.41) is 7.21. The van der Waals surface area contributed by atoms with Crippen LogP contribution in [0.3, 0.4) is 0 Å². The Labute approximate surface area is 165 Å². The Balaban J connectivity index is 2.31. The van der Waals surface area contributed by atoms with Crippen LogP contribution in [0.25, 0.3) is 0 Å². The maximum absolute atomic E-state index is 12.5. The van der Waals surface area contributed by atoms with E-state index in [2.05, 4.69) is 10.4 Å². The molecule has 0 radical (unpaired) electrons. The SMILES string of the molecule is CCOC(=O)c1sc(NC(=O)Cn2cc(Cl)cn2)c(C(=O)OC(C)C)c1C. The van der Waals surface area contributed by atoms with Crippen LogP contribution in [-0.4, -0.2) is 40.3 Å². The third-order valence-electron chi connectivity index (χ3n) is 3.31. The van der Waals surface area contributed by atoms with Crippen molar-refractivity contribution >= 4 is 45.8 Å². The molecule has 1 amide bonds. The molecule has 8 nitrogen and oxygen atoms in total. The van der Waals surface area contributed by atoms with Gasteiger partial charge in [-0.2, -0.15) is 5.10 Å². The summed E-state index contributed by atoms with van der Waals surface area (Å²) in [6.45, 7) is 6.83. The number of anilines is 1. The third-order valence-corrected chi connectivity index (χ3v) is 4.70. The monoisotopic (exact) mass is 413 g/mol. The van der Waals surface area contributed by atoms with Crippen LogP contribution < -0.4 is 5.32 Å². The number of hydrogen-bond acceptors (Lipinski definition) is 7. The first-order valence-corrected chi connectivity index (χ1v) is 9.41. The Hall–Kier alpha value is -2.39. The molecule has 10 heteroatoms. The molecule has 2 rings (SSSR count). The highest BCUT2D eigenvalue weighted by Crippen LogP contribution is 2.34. The highest BCUT2D eigenvalue weighted by molar-refractivity contribution is 7.18. The maximum atomic E-state index is 12.5. The van der Waals surface area contributed by atoms with Gasteiger partial charge in [-0.25, -0.2) is 9.59 Å². The van der Waals surface area contributed by atoms with Gasteiger partial charge in [0.15, 0.2) is 0 Å². The second kappa shape index (κ2) is 9.01. The molecule has 0 saturated heterocycles. The highest BCUT2D eigenvalue weighted by Gasteiger charge is 2.28. The summed E-state index contributed by atoms with van der Waals surface area (Å²) in [5.41, 5.74) is 0.546. The van der Waals surface area contributed by atoms with E-state index >= 15 is 0 Å². The van der Waals surface area contributed by atoms with Gasteiger partial charge in [0.25, 0.3) is 0 Å². The minimum absolute atomic E-state index is 0.100. The Morgan fingerprint density at radius 2 is 2.04 bits per heavy atom. The van der Waals surface area contributed by atoms with Gasteiger partial charge in [0.05, 0.1) is 29.5 Å². The van der Waals surface area contributed by atoms with Crippen LogP contribution in [0.4, 0.5) is 5.00 Å². The Morgan fingerprint density at radius 3 is 2.59 bits per heavy atom. The molecule has 0 fully saturated rings. The zero-order valence-electron chi connectivity index (χ0n) is 15.4. The molecule has 146 valence electrons. The molecule has 0 unspecified atom stereocenters. The van der Waals surface area contributed by atoms with Gasteiger partial charge in [-0.15, -0.1) is 11.3 Å². The summed E-state index contributed by atoms with van der Waals surface area (Å²) in [6.07, 6.45) is 2.56. The molecule has 0 bridgehead atoms. The van der Waals surface area contributed by atoms with Crippen LogP contribution in [0.15, 0.2) is 12.4 Å². The molecule has 0 aliphatic heterocycles. The number of nitrogens with one attached hydrogen (secondary N) is 1. The zero-order valence-corrected chi connectivity index (χ0v) is 16.9. The van der Waals surface area contributed by atoms with Gasteiger partial charge in [0, 0.05) is 6.20 Å². The quantitative estimate of drug-likeness (QED) is 0.699.